The lowest BCUT2D eigenvalue weighted by Crippen LogP contribution is -2.34. The summed E-state index contributed by atoms with van der Waals surface area (Å²) in [5.74, 6) is 0. The maximum Gasteiger partial charge on any atom is 0.416 e. The Bertz CT molecular complexity index is 1110. The molecule has 0 bridgehead atoms. The number of halogens is 6. The Morgan fingerprint density at radius 3 is 1.94 bits per heavy atom. The Balaban J connectivity index is 2.64. The van der Waals surface area contributed by atoms with Gasteiger partial charge >= 0.3 is 18.4 Å². The molecule has 1 N–H and O–H groups in total. The van der Waals surface area contributed by atoms with Crippen LogP contribution in [0.1, 0.15) is 22.3 Å². The zero-order valence-corrected chi connectivity index (χ0v) is 15.4. The molecule has 13 heteroatoms. The summed E-state index contributed by atoms with van der Waals surface area (Å²) in [7, 11) is 1.11. The molecule has 31 heavy (non-hydrogen) atoms. The first kappa shape index (κ1) is 23.2. The smallest absolute Gasteiger partial charge is 0.339 e. The van der Waals surface area contributed by atoms with E-state index in [-0.39, 0.29) is 16.1 Å². The number of nitrogens with zero attached hydrogens (tertiary/aromatic N) is 5. The van der Waals surface area contributed by atoms with Crippen molar-refractivity contribution in [3.05, 3.63) is 58.7 Å². The number of hydrogen-bond donors (Lipinski definition) is 1. The normalized spacial score (nSPS) is 11.6. The maximum absolute atomic E-state index is 13.1. The number of nitrogens with one attached hydrogen (secondary N) is 1. The Hall–Kier alpha value is -4.13. The minimum Gasteiger partial charge on any atom is -0.339 e. The third-order valence-electron chi connectivity index (χ3n) is 3.77. The number of carbonyl (C=O) groups excluding carboxylic acids is 1. The number of rotatable bonds is 3. The van der Waals surface area contributed by atoms with Crippen LogP contribution >= 0.6 is 0 Å². The first-order valence-electron chi connectivity index (χ1n) is 8.08. The van der Waals surface area contributed by atoms with Crippen LogP contribution in [-0.4, -0.2) is 13.1 Å². The number of benzene rings is 2. The van der Waals surface area contributed by atoms with Gasteiger partial charge in [0, 0.05) is 7.05 Å². The van der Waals surface area contributed by atoms with Gasteiger partial charge in [-0.3, -0.25) is 0 Å². The topological polar surface area (TPSA) is 105 Å². The Morgan fingerprint density at radius 2 is 1.45 bits per heavy atom. The van der Waals surface area contributed by atoms with Crippen LogP contribution in [0.15, 0.2) is 46.7 Å². The average Bonchev–Trinajstić information content (AvgIpc) is 2.71. The van der Waals surface area contributed by atoms with Gasteiger partial charge in [-0.1, -0.05) is 5.22 Å². The predicted molar refractivity (Wildman–Crippen MR) is 93.8 cm³/mol. The van der Waals surface area contributed by atoms with Crippen LogP contribution in [0.4, 0.5) is 42.5 Å². The molecule has 0 spiro atoms. The molecule has 0 unspecified atom stereocenters. The number of hydrogen-bond acceptors (Lipinski definition) is 5. The van der Waals surface area contributed by atoms with Crippen molar-refractivity contribution >= 4 is 17.4 Å². The summed E-state index contributed by atoms with van der Waals surface area (Å²) in [5, 5.41) is 27.4. The van der Waals surface area contributed by atoms with Gasteiger partial charge in [0.15, 0.2) is 0 Å². The Labute approximate surface area is 170 Å². The molecule has 0 atom stereocenters. The first-order valence-corrected chi connectivity index (χ1v) is 8.08. The quantitative estimate of drug-likeness (QED) is 0.397. The van der Waals surface area contributed by atoms with Crippen molar-refractivity contribution in [2.75, 3.05) is 12.1 Å². The van der Waals surface area contributed by atoms with Crippen LogP contribution in [0.3, 0.4) is 0 Å². The SMILES string of the molecule is CNC(=O)N(/N=N/c1cc(C(F)(F)F)ccc1C#N)c1cc(C(F)(F)F)ccc1C#N. The fourth-order valence-corrected chi connectivity index (χ4v) is 2.26. The number of alkyl halides is 6. The van der Waals surface area contributed by atoms with Crippen molar-refractivity contribution in [3.8, 4) is 12.1 Å². The van der Waals surface area contributed by atoms with Crippen molar-refractivity contribution < 1.29 is 31.1 Å². The Kier molecular flexibility index (Phi) is 6.50. The molecule has 0 saturated carbocycles. The molecule has 0 radical (unpaired) electrons. The molecule has 2 rings (SSSR count). The second-order valence-corrected chi connectivity index (χ2v) is 5.74. The van der Waals surface area contributed by atoms with Gasteiger partial charge in [-0.05, 0) is 36.4 Å². The van der Waals surface area contributed by atoms with Crippen LogP contribution in [0.25, 0.3) is 0 Å². The molecule has 2 aromatic rings. The number of anilines is 1. The van der Waals surface area contributed by atoms with Gasteiger partial charge in [0.1, 0.15) is 17.8 Å². The lowest BCUT2D eigenvalue weighted by atomic mass is 10.1. The third-order valence-corrected chi connectivity index (χ3v) is 3.77. The predicted octanol–water partition coefficient (Wildman–Crippen LogP) is 5.31. The standard InChI is InChI=1S/C18H10F6N6O/c1-27-16(31)30(15-7-13(18(22,23)24)5-3-11(15)9-26)29-28-14-6-12(17(19,20)21)4-2-10(14)8-25/h2-7H,1H3,(H,27,31)/b29-28+. The van der Waals surface area contributed by atoms with E-state index < -0.39 is 40.9 Å². The third kappa shape index (κ3) is 5.27. The van der Waals surface area contributed by atoms with Crippen LogP contribution in [0.2, 0.25) is 0 Å². The van der Waals surface area contributed by atoms with Crippen molar-refractivity contribution in [1.29, 1.82) is 10.5 Å². The second-order valence-electron chi connectivity index (χ2n) is 5.74. The van der Waals surface area contributed by atoms with E-state index >= 15 is 0 Å². The highest BCUT2D eigenvalue weighted by atomic mass is 19.4. The second kappa shape index (κ2) is 8.71. The van der Waals surface area contributed by atoms with E-state index in [0.717, 1.165) is 19.2 Å². The molecular weight excluding hydrogens is 430 g/mol. The van der Waals surface area contributed by atoms with E-state index in [1.165, 1.54) is 0 Å². The molecule has 2 aromatic carbocycles. The minimum absolute atomic E-state index is 0.273. The summed E-state index contributed by atoms with van der Waals surface area (Å²) in [6.45, 7) is 0. The molecule has 0 fully saturated rings. The van der Waals surface area contributed by atoms with Crippen molar-refractivity contribution in [2.24, 2.45) is 10.3 Å². The molecule has 2 amide bonds. The lowest BCUT2D eigenvalue weighted by Gasteiger charge is -2.18. The summed E-state index contributed by atoms with van der Waals surface area (Å²) >= 11 is 0. The summed E-state index contributed by atoms with van der Waals surface area (Å²) in [4.78, 5) is 12.2. The van der Waals surface area contributed by atoms with Gasteiger partial charge in [0.25, 0.3) is 0 Å². The van der Waals surface area contributed by atoms with Gasteiger partial charge in [-0.15, -0.1) is 5.11 Å². The zero-order valence-electron chi connectivity index (χ0n) is 15.4. The van der Waals surface area contributed by atoms with Crippen LogP contribution in [-0.2, 0) is 12.4 Å². The minimum atomic E-state index is -4.82. The fourth-order valence-electron chi connectivity index (χ4n) is 2.26. The summed E-state index contributed by atoms with van der Waals surface area (Å²) < 4.78 is 78.0. The highest BCUT2D eigenvalue weighted by molar-refractivity contribution is 5.92. The monoisotopic (exact) mass is 440 g/mol. The lowest BCUT2D eigenvalue weighted by molar-refractivity contribution is -0.138. The maximum atomic E-state index is 13.1. The van der Waals surface area contributed by atoms with Crippen molar-refractivity contribution in [3.63, 3.8) is 0 Å². The first-order chi connectivity index (χ1) is 14.4. The average molecular weight is 440 g/mol. The van der Waals surface area contributed by atoms with E-state index in [2.05, 4.69) is 15.7 Å². The van der Waals surface area contributed by atoms with Gasteiger partial charge in [0.05, 0.1) is 27.9 Å². The summed E-state index contributed by atoms with van der Waals surface area (Å²) in [5.41, 5.74) is -4.30. The summed E-state index contributed by atoms with van der Waals surface area (Å²) in [6, 6.07) is 5.87. The molecule has 0 saturated heterocycles. The van der Waals surface area contributed by atoms with E-state index in [0.29, 0.717) is 24.3 Å². The van der Waals surface area contributed by atoms with E-state index in [1.54, 1.807) is 12.1 Å². The number of urea groups is 1. The van der Waals surface area contributed by atoms with Gasteiger partial charge in [-0.25, -0.2) is 4.79 Å². The number of nitriles is 2. The number of amides is 2. The molecule has 0 aliphatic heterocycles. The molecule has 0 aliphatic rings. The van der Waals surface area contributed by atoms with E-state index in [4.69, 9.17) is 5.26 Å². The zero-order chi connectivity index (χ0) is 23.4. The summed E-state index contributed by atoms with van der Waals surface area (Å²) in [6.07, 6.45) is -9.59. The molecule has 7 nitrogen and oxygen atoms in total. The molecule has 160 valence electrons. The van der Waals surface area contributed by atoms with Crippen LogP contribution in [0, 0.1) is 22.7 Å². The molecule has 0 heterocycles. The van der Waals surface area contributed by atoms with Gasteiger partial charge < -0.3 is 5.32 Å². The van der Waals surface area contributed by atoms with Gasteiger partial charge in [-0.2, -0.15) is 41.9 Å². The highest BCUT2D eigenvalue weighted by Crippen LogP contribution is 2.35. The van der Waals surface area contributed by atoms with Crippen LogP contribution < -0.4 is 10.3 Å². The fraction of sp³-hybridized carbons (Fsp3) is 0.167. The largest absolute Gasteiger partial charge is 0.416 e. The van der Waals surface area contributed by atoms with E-state index in [9.17, 15) is 36.4 Å². The number of carbonyl (C=O) groups is 1. The van der Waals surface area contributed by atoms with Gasteiger partial charge in [0.2, 0.25) is 0 Å². The Morgan fingerprint density at radius 1 is 0.935 bits per heavy atom. The molecule has 0 aromatic heterocycles. The van der Waals surface area contributed by atoms with Crippen molar-refractivity contribution in [2.45, 2.75) is 12.4 Å². The van der Waals surface area contributed by atoms with Crippen LogP contribution in [0.5, 0.6) is 0 Å². The highest BCUT2D eigenvalue weighted by Gasteiger charge is 2.33. The molecular formula is C18H10F6N6O. The molecule has 0 aliphatic carbocycles. The van der Waals surface area contributed by atoms with Crippen molar-refractivity contribution in [1.82, 2.24) is 5.32 Å². The van der Waals surface area contributed by atoms with E-state index in [1.807, 2.05) is 0 Å².